The van der Waals surface area contributed by atoms with E-state index in [1.807, 2.05) is 30.5 Å². The Morgan fingerprint density at radius 1 is 1.12 bits per heavy atom. The summed E-state index contributed by atoms with van der Waals surface area (Å²) < 4.78 is 0. The van der Waals surface area contributed by atoms with Crippen molar-refractivity contribution in [3.05, 3.63) is 52.5 Å². The standard InChI is InChI=1S/C18H22N6S/c1-13-11-22-17(25-13)12-23-18(19-2)21-10-9-20-16-8-7-14-5-3-4-6-15(14)24-16/h3-8,11H,9-10,12H2,1-2H3,(H,20,24)(H2,19,21,23). The molecule has 0 aliphatic heterocycles. The normalized spacial score (nSPS) is 11.5. The van der Waals surface area contributed by atoms with Crippen LogP contribution < -0.4 is 16.0 Å². The Morgan fingerprint density at radius 2 is 2.00 bits per heavy atom. The van der Waals surface area contributed by atoms with Gasteiger partial charge in [0.25, 0.3) is 0 Å². The number of fused-ring (bicyclic) bond motifs is 1. The second kappa shape index (κ2) is 8.43. The third-order valence-corrected chi connectivity index (χ3v) is 4.53. The molecule has 2 aromatic heterocycles. The van der Waals surface area contributed by atoms with E-state index in [1.165, 1.54) is 4.88 Å². The van der Waals surface area contributed by atoms with Crippen molar-refractivity contribution in [2.24, 2.45) is 4.99 Å². The molecule has 0 saturated carbocycles. The van der Waals surface area contributed by atoms with Gasteiger partial charge in [0.1, 0.15) is 10.8 Å². The minimum Gasteiger partial charge on any atom is -0.368 e. The van der Waals surface area contributed by atoms with Crippen molar-refractivity contribution >= 4 is 34.0 Å². The molecule has 0 saturated heterocycles. The molecule has 0 amide bonds. The molecule has 0 spiro atoms. The summed E-state index contributed by atoms with van der Waals surface area (Å²) in [4.78, 5) is 14.4. The van der Waals surface area contributed by atoms with E-state index in [-0.39, 0.29) is 0 Å². The number of hydrogen-bond acceptors (Lipinski definition) is 5. The number of nitrogens with zero attached hydrogens (tertiary/aromatic N) is 3. The number of pyridine rings is 1. The molecular weight excluding hydrogens is 332 g/mol. The van der Waals surface area contributed by atoms with E-state index in [2.05, 4.69) is 50.0 Å². The molecule has 7 heteroatoms. The number of aromatic nitrogens is 2. The summed E-state index contributed by atoms with van der Waals surface area (Å²) in [6, 6.07) is 12.2. The zero-order valence-corrected chi connectivity index (χ0v) is 15.2. The van der Waals surface area contributed by atoms with Crippen LogP contribution in [0.3, 0.4) is 0 Å². The van der Waals surface area contributed by atoms with Crippen LogP contribution in [0.2, 0.25) is 0 Å². The second-order valence-corrected chi connectivity index (χ2v) is 6.85. The van der Waals surface area contributed by atoms with E-state index in [4.69, 9.17) is 0 Å². The first-order valence-corrected chi connectivity index (χ1v) is 9.02. The lowest BCUT2D eigenvalue weighted by Gasteiger charge is -2.12. The number of para-hydroxylation sites is 1. The summed E-state index contributed by atoms with van der Waals surface area (Å²) >= 11 is 1.69. The molecule has 6 nitrogen and oxygen atoms in total. The largest absolute Gasteiger partial charge is 0.368 e. The number of aliphatic imine (C=N–C) groups is 1. The molecule has 0 bridgehead atoms. The fourth-order valence-electron chi connectivity index (χ4n) is 2.40. The van der Waals surface area contributed by atoms with Crippen molar-refractivity contribution in [3.8, 4) is 0 Å². The average molecular weight is 354 g/mol. The summed E-state index contributed by atoms with van der Waals surface area (Å²) in [5.74, 6) is 1.64. The molecule has 3 aromatic rings. The van der Waals surface area contributed by atoms with Gasteiger partial charge in [-0.05, 0) is 25.1 Å². The molecule has 0 fully saturated rings. The number of anilines is 1. The highest BCUT2D eigenvalue weighted by Crippen LogP contribution is 2.14. The lowest BCUT2D eigenvalue weighted by Crippen LogP contribution is -2.39. The number of rotatable bonds is 6. The summed E-state index contributed by atoms with van der Waals surface area (Å²) in [6.07, 6.45) is 1.89. The zero-order valence-electron chi connectivity index (χ0n) is 14.4. The first-order chi connectivity index (χ1) is 12.2. The van der Waals surface area contributed by atoms with Crippen molar-refractivity contribution in [2.45, 2.75) is 13.5 Å². The molecule has 0 aliphatic carbocycles. The molecule has 3 rings (SSSR count). The monoisotopic (exact) mass is 354 g/mol. The number of benzene rings is 1. The smallest absolute Gasteiger partial charge is 0.191 e. The highest BCUT2D eigenvalue weighted by molar-refractivity contribution is 7.11. The van der Waals surface area contributed by atoms with Gasteiger partial charge in [0, 0.05) is 36.6 Å². The summed E-state index contributed by atoms with van der Waals surface area (Å²) in [5.41, 5.74) is 0.997. The van der Waals surface area contributed by atoms with Gasteiger partial charge in [-0.3, -0.25) is 4.99 Å². The molecule has 0 radical (unpaired) electrons. The summed E-state index contributed by atoms with van der Waals surface area (Å²) in [5, 5.41) is 12.1. The third-order valence-electron chi connectivity index (χ3n) is 3.62. The maximum absolute atomic E-state index is 4.60. The maximum atomic E-state index is 4.60. The third kappa shape index (κ3) is 4.90. The van der Waals surface area contributed by atoms with Gasteiger partial charge in [-0.1, -0.05) is 18.2 Å². The van der Waals surface area contributed by atoms with E-state index in [0.717, 1.165) is 40.8 Å². The Balaban J connectivity index is 1.43. The number of nitrogens with one attached hydrogen (secondary N) is 3. The Bertz CT molecular complexity index is 857. The highest BCUT2D eigenvalue weighted by atomic mass is 32.1. The lowest BCUT2D eigenvalue weighted by molar-refractivity contribution is 0.808. The van der Waals surface area contributed by atoms with Gasteiger partial charge >= 0.3 is 0 Å². The van der Waals surface area contributed by atoms with Crippen molar-refractivity contribution < 1.29 is 0 Å². The minimum absolute atomic E-state index is 0.678. The second-order valence-electron chi connectivity index (χ2n) is 5.53. The minimum atomic E-state index is 0.678. The van der Waals surface area contributed by atoms with Gasteiger partial charge in [0.15, 0.2) is 5.96 Å². The topological polar surface area (TPSA) is 74.2 Å². The van der Waals surface area contributed by atoms with Gasteiger partial charge in [-0.2, -0.15) is 0 Å². The Morgan fingerprint density at radius 3 is 2.80 bits per heavy atom. The predicted molar refractivity (Wildman–Crippen MR) is 105 cm³/mol. The van der Waals surface area contributed by atoms with Gasteiger partial charge in [-0.25, -0.2) is 9.97 Å². The average Bonchev–Trinajstić information content (AvgIpc) is 3.06. The van der Waals surface area contributed by atoms with E-state index >= 15 is 0 Å². The lowest BCUT2D eigenvalue weighted by atomic mass is 10.2. The van der Waals surface area contributed by atoms with Crippen LogP contribution in [0.5, 0.6) is 0 Å². The van der Waals surface area contributed by atoms with Gasteiger partial charge in [0.2, 0.25) is 0 Å². The molecule has 0 atom stereocenters. The maximum Gasteiger partial charge on any atom is 0.191 e. The fourth-order valence-corrected chi connectivity index (χ4v) is 3.13. The molecule has 2 heterocycles. The Labute approximate surface area is 151 Å². The van der Waals surface area contributed by atoms with Gasteiger partial charge < -0.3 is 16.0 Å². The Kier molecular flexibility index (Phi) is 5.79. The van der Waals surface area contributed by atoms with Crippen molar-refractivity contribution in [2.75, 3.05) is 25.5 Å². The number of thiazole rings is 1. The number of guanidine groups is 1. The molecular formula is C18H22N6S. The fraction of sp³-hybridized carbons (Fsp3) is 0.278. The first-order valence-electron chi connectivity index (χ1n) is 8.20. The van der Waals surface area contributed by atoms with Crippen LogP contribution in [0.25, 0.3) is 10.9 Å². The molecule has 3 N–H and O–H groups in total. The van der Waals surface area contributed by atoms with Gasteiger partial charge in [-0.15, -0.1) is 11.3 Å². The number of aryl methyl sites for hydroxylation is 1. The van der Waals surface area contributed by atoms with Crippen LogP contribution in [0.15, 0.2) is 47.6 Å². The summed E-state index contributed by atoms with van der Waals surface area (Å²) in [7, 11) is 1.76. The molecule has 1 aromatic carbocycles. The SMILES string of the molecule is CN=C(NCCNc1ccc2ccccc2n1)NCc1ncc(C)s1. The predicted octanol–water partition coefficient (Wildman–Crippen LogP) is 2.78. The van der Waals surface area contributed by atoms with E-state index in [9.17, 15) is 0 Å². The van der Waals surface area contributed by atoms with Crippen LogP contribution in [0.4, 0.5) is 5.82 Å². The quantitative estimate of drug-likeness (QED) is 0.361. The van der Waals surface area contributed by atoms with Crippen LogP contribution in [0, 0.1) is 6.92 Å². The van der Waals surface area contributed by atoms with Gasteiger partial charge in [0.05, 0.1) is 12.1 Å². The molecule has 130 valence electrons. The first kappa shape index (κ1) is 17.2. The van der Waals surface area contributed by atoms with Crippen LogP contribution in [-0.2, 0) is 6.54 Å². The van der Waals surface area contributed by atoms with Crippen molar-refractivity contribution in [1.82, 2.24) is 20.6 Å². The van der Waals surface area contributed by atoms with E-state index in [0.29, 0.717) is 6.54 Å². The molecule has 0 aliphatic rings. The van der Waals surface area contributed by atoms with Crippen LogP contribution in [-0.4, -0.2) is 36.1 Å². The number of hydrogen-bond donors (Lipinski definition) is 3. The van der Waals surface area contributed by atoms with Crippen LogP contribution in [0.1, 0.15) is 9.88 Å². The summed E-state index contributed by atoms with van der Waals surface area (Å²) in [6.45, 7) is 4.23. The molecule has 25 heavy (non-hydrogen) atoms. The highest BCUT2D eigenvalue weighted by Gasteiger charge is 2.02. The molecule has 0 unspecified atom stereocenters. The van der Waals surface area contributed by atoms with Crippen LogP contribution >= 0.6 is 11.3 Å². The Hall–Kier alpha value is -2.67. The van der Waals surface area contributed by atoms with E-state index in [1.54, 1.807) is 18.4 Å². The van der Waals surface area contributed by atoms with Crippen molar-refractivity contribution in [1.29, 1.82) is 0 Å². The van der Waals surface area contributed by atoms with E-state index < -0.39 is 0 Å². The van der Waals surface area contributed by atoms with Crippen molar-refractivity contribution in [3.63, 3.8) is 0 Å². The zero-order chi connectivity index (χ0) is 17.5.